The molecule has 0 unspecified atom stereocenters. The van der Waals surface area contributed by atoms with Gasteiger partial charge in [-0.05, 0) is 30.3 Å². The van der Waals surface area contributed by atoms with Crippen molar-refractivity contribution in [1.82, 2.24) is 9.88 Å². The summed E-state index contributed by atoms with van der Waals surface area (Å²) in [5.41, 5.74) is 0.884. The lowest BCUT2D eigenvalue weighted by Gasteiger charge is -2.29. The monoisotopic (exact) mass is 521 g/mol. The van der Waals surface area contributed by atoms with E-state index in [1.165, 1.54) is 23.1 Å². The van der Waals surface area contributed by atoms with E-state index in [0.717, 1.165) is 24.4 Å². The zero-order valence-electron chi connectivity index (χ0n) is 17.2. The smallest absolute Gasteiger partial charge is 0.406 e. The van der Waals surface area contributed by atoms with Crippen LogP contribution in [0.25, 0.3) is 10.2 Å². The van der Waals surface area contributed by atoms with Crippen LogP contribution in [-0.4, -0.2) is 61.5 Å². The number of hydrogen-bond acceptors (Lipinski definition) is 6. The molecule has 0 N–H and O–H groups in total. The Morgan fingerprint density at radius 1 is 1.21 bits per heavy atom. The van der Waals surface area contributed by atoms with Gasteiger partial charge >= 0.3 is 6.36 Å². The Bertz CT molecular complexity index is 1110. The Labute approximate surface area is 203 Å². The van der Waals surface area contributed by atoms with Crippen LogP contribution in [0.4, 0.5) is 18.3 Å². The van der Waals surface area contributed by atoms with Crippen LogP contribution in [0, 0.1) is 0 Å². The number of ether oxygens (including phenoxy) is 2. The molecule has 1 saturated heterocycles. The molecule has 2 heterocycles. The molecular formula is C21H20Cl2F3N3O3S. The first-order valence-corrected chi connectivity index (χ1v) is 11.0. The Hall–Kier alpha value is -2.11. The number of nitrogens with zero attached hydrogens (tertiary/aromatic N) is 3. The zero-order chi connectivity index (χ0) is 22.7. The fourth-order valence-corrected chi connectivity index (χ4v) is 4.54. The Morgan fingerprint density at radius 3 is 2.67 bits per heavy atom. The maximum Gasteiger partial charge on any atom is 0.573 e. The number of rotatable bonds is 6. The molecule has 0 radical (unpaired) electrons. The summed E-state index contributed by atoms with van der Waals surface area (Å²) in [6.07, 6.45) is -4.78. The fraction of sp³-hybridized carbons (Fsp3) is 0.333. The Balaban J connectivity index is 0.00000306. The molecule has 3 aromatic rings. The van der Waals surface area contributed by atoms with Gasteiger partial charge in [0.2, 0.25) is 0 Å². The van der Waals surface area contributed by atoms with Crippen molar-refractivity contribution in [3.8, 4) is 5.75 Å². The highest BCUT2D eigenvalue weighted by atomic mass is 35.5. The van der Waals surface area contributed by atoms with E-state index in [1.54, 1.807) is 24.3 Å². The molecule has 4 rings (SSSR count). The highest BCUT2D eigenvalue weighted by molar-refractivity contribution is 7.22. The summed E-state index contributed by atoms with van der Waals surface area (Å²) >= 11 is 7.19. The summed E-state index contributed by atoms with van der Waals surface area (Å²) in [6, 6.07) is 10.5. The third kappa shape index (κ3) is 6.70. The van der Waals surface area contributed by atoms with Crippen molar-refractivity contribution in [3.63, 3.8) is 0 Å². The van der Waals surface area contributed by atoms with Gasteiger partial charge < -0.3 is 9.47 Å². The molecule has 1 aromatic heterocycles. The van der Waals surface area contributed by atoms with E-state index in [9.17, 15) is 18.0 Å². The SMILES string of the molecule is Cl.O=C(c1cccc(Cl)c1)N(CCN1CCOCC1)c1nc2ccc(OC(F)(F)F)cc2s1. The number of carbonyl (C=O) groups is 1. The van der Waals surface area contributed by atoms with Crippen LogP contribution in [-0.2, 0) is 4.74 Å². The first-order valence-electron chi connectivity index (χ1n) is 9.82. The van der Waals surface area contributed by atoms with E-state index in [-0.39, 0.29) is 24.1 Å². The fourth-order valence-electron chi connectivity index (χ4n) is 3.33. The Morgan fingerprint density at radius 2 is 1.97 bits per heavy atom. The number of alkyl halides is 3. The molecule has 1 amide bonds. The van der Waals surface area contributed by atoms with Crippen molar-refractivity contribution in [2.24, 2.45) is 0 Å². The van der Waals surface area contributed by atoms with Crippen LogP contribution in [0.5, 0.6) is 5.75 Å². The summed E-state index contributed by atoms with van der Waals surface area (Å²) in [7, 11) is 0. The second-order valence-corrected chi connectivity index (χ2v) is 8.54. The molecule has 0 saturated carbocycles. The van der Waals surface area contributed by atoms with Gasteiger partial charge in [0, 0.05) is 42.8 Å². The molecule has 2 aromatic carbocycles. The number of benzene rings is 2. The summed E-state index contributed by atoms with van der Waals surface area (Å²) < 4.78 is 47.6. The third-order valence-corrected chi connectivity index (χ3v) is 6.15. The van der Waals surface area contributed by atoms with Gasteiger partial charge in [-0.15, -0.1) is 25.6 Å². The first kappa shape index (κ1) is 25.5. The maximum atomic E-state index is 13.3. The summed E-state index contributed by atoms with van der Waals surface area (Å²) in [5, 5.41) is 0.824. The predicted octanol–water partition coefficient (Wildman–Crippen LogP) is 5.25. The lowest BCUT2D eigenvalue weighted by molar-refractivity contribution is -0.274. The van der Waals surface area contributed by atoms with Crippen molar-refractivity contribution in [2.75, 3.05) is 44.3 Å². The zero-order valence-corrected chi connectivity index (χ0v) is 19.6. The molecule has 0 spiro atoms. The van der Waals surface area contributed by atoms with E-state index in [0.29, 0.717) is 52.2 Å². The van der Waals surface area contributed by atoms with Crippen LogP contribution in [0.3, 0.4) is 0 Å². The topological polar surface area (TPSA) is 54.9 Å². The number of fused-ring (bicyclic) bond motifs is 1. The molecule has 6 nitrogen and oxygen atoms in total. The molecule has 1 aliphatic heterocycles. The quantitative estimate of drug-likeness (QED) is 0.443. The molecule has 0 atom stereocenters. The molecule has 33 heavy (non-hydrogen) atoms. The van der Waals surface area contributed by atoms with E-state index in [2.05, 4.69) is 14.6 Å². The van der Waals surface area contributed by atoms with Crippen LogP contribution in [0.1, 0.15) is 10.4 Å². The van der Waals surface area contributed by atoms with Gasteiger partial charge in [-0.3, -0.25) is 14.6 Å². The standard InChI is InChI=1S/C21H19ClF3N3O3S.ClH/c22-15-3-1-2-14(12-15)19(29)28(7-6-27-8-10-30-11-9-27)20-26-17-5-4-16(13-18(17)32-20)31-21(23,24)25;/h1-5,12-13H,6-11H2;1H. The molecule has 12 heteroatoms. The van der Waals surface area contributed by atoms with Gasteiger partial charge in [-0.1, -0.05) is 29.0 Å². The Kier molecular flexibility index (Phi) is 8.41. The maximum absolute atomic E-state index is 13.3. The van der Waals surface area contributed by atoms with Gasteiger partial charge in [0.1, 0.15) is 5.75 Å². The average Bonchev–Trinajstić information content (AvgIpc) is 3.16. The number of hydrogen-bond donors (Lipinski definition) is 0. The van der Waals surface area contributed by atoms with Crippen molar-refractivity contribution in [1.29, 1.82) is 0 Å². The molecule has 1 fully saturated rings. The minimum Gasteiger partial charge on any atom is -0.406 e. The van der Waals surface area contributed by atoms with Gasteiger partial charge in [-0.25, -0.2) is 4.98 Å². The minimum absolute atomic E-state index is 0. The summed E-state index contributed by atoms with van der Waals surface area (Å²) in [6.45, 7) is 3.75. The number of carbonyl (C=O) groups excluding carboxylic acids is 1. The van der Waals surface area contributed by atoms with Crippen LogP contribution < -0.4 is 9.64 Å². The normalized spacial score (nSPS) is 14.7. The van der Waals surface area contributed by atoms with E-state index < -0.39 is 6.36 Å². The van der Waals surface area contributed by atoms with Crippen molar-refractivity contribution >= 4 is 56.6 Å². The minimum atomic E-state index is -4.78. The molecule has 178 valence electrons. The summed E-state index contributed by atoms with van der Waals surface area (Å²) in [4.78, 5) is 21.5. The number of anilines is 1. The van der Waals surface area contributed by atoms with Gasteiger partial charge in [0.05, 0.1) is 23.4 Å². The van der Waals surface area contributed by atoms with Gasteiger partial charge in [0.25, 0.3) is 5.91 Å². The number of thiazole rings is 1. The number of aromatic nitrogens is 1. The summed E-state index contributed by atoms with van der Waals surface area (Å²) in [5.74, 6) is -0.618. The molecule has 0 aliphatic carbocycles. The van der Waals surface area contributed by atoms with Crippen LogP contribution in [0.2, 0.25) is 5.02 Å². The van der Waals surface area contributed by atoms with E-state index in [4.69, 9.17) is 16.3 Å². The number of halogens is 5. The molecular weight excluding hydrogens is 502 g/mol. The van der Waals surface area contributed by atoms with Crippen LogP contribution in [0.15, 0.2) is 42.5 Å². The largest absolute Gasteiger partial charge is 0.573 e. The van der Waals surface area contributed by atoms with Crippen LogP contribution >= 0.6 is 35.3 Å². The second kappa shape index (κ2) is 10.9. The van der Waals surface area contributed by atoms with E-state index in [1.807, 2.05) is 0 Å². The average molecular weight is 522 g/mol. The number of morpholine rings is 1. The van der Waals surface area contributed by atoms with Gasteiger partial charge in [0.15, 0.2) is 5.13 Å². The number of amides is 1. The van der Waals surface area contributed by atoms with Crippen molar-refractivity contribution < 1.29 is 27.4 Å². The van der Waals surface area contributed by atoms with Crippen molar-refractivity contribution in [2.45, 2.75) is 6.36 Å². The van der Waals surface area contributed by atoms with E-state index >= 15 is 0 Å². The lowest BCUT2D eigenvalue weighted by atomic mass is 10.2. The molecule has 1 aliphatic rings. The predicted molar refractivity (Wildman–Crippen MR) is 124 cm³/mol. The van der Waals surface area contributed by atoms with Gasteiger partial charge in [-0.2, -0.15) is 0 Å². The third-order valence-electron chi connectivity index (χ3n) is 4.87. The second-order valence-electron chi connectivity index (χ2n) is 7.09. The highest BCUT2D eigenvalue weighted by Crippen LogP contribution is 2.34. The van der Waals surface area contributed by atoms with Crippen molar-refractivity contribution in [3.05, 3.63) is 53.1 Å². The molecule has 0 bridgehead atoms. The lowest BCUT2D eigenvalue weighted by Crippen LogP contribution is -2.43. The first-order chi connectivity index (χ1) is 15.3. The highest BCUT2D eigenvalue weighted by Gasteiger charge is 2.31.